The molecule has 1 amide bonds. The fourth-order valence-electron chi connectivity index (χ4n) is 6.35. The third-order valence-corrected chi connectivity index (χ3v) is 9.21. The number of rotatable bonds is 12. The summed E-state index contributed by atoms with van der Waals surface area (Å²) >= 11 is 0. The largest absolute Gasteiger partial charge is 0.346 e. The summed E-state index contributed by atoms with van der Waals surface area (Å²) in [7, 11) is 0. The van der Waals surface area contributed by atoms with E-state index in [0.717, 1.165) is 86.0 Å². The van der Waals surface area contributed by atoms with E-state index in [2.05, 4.69) is 45.9 Å². The molecule has 1 aliphatic heterocycles. The molecule has 1 aromatic carbocycles. The number of ketones is 1. The third-order valence-electron chi connectivity index (χ3n) is 9.21. The number of fused-ring (bicyclic) bond motifs is 1. The van der Waals surface area contributed by atoms with E-state index in [9.17, 15) is 9.59 Å². The molecule has 3 aliphatic rings. The minimum Gasteiger partial charge on any atom is -0.346 e. The summed E-state index contributed by atoms with van der Waals surface area (Å²) in [6, 6.07) is 10.5. The number of hydrogen-bond acceptors (Lipinski definition) is 5. The molecule has 7 nitrogen and oxygen atoms in total. The number of aromatic nitrogens is 3. The van der Waals surface area contributed by atoms with E-state index >= 15 is 0 Å². The third kappa shape index (κ3) is 5.93. The summed E-state index contributed by atoms with van der Waals surface area (Å²) in [6.07, 6.45) is 12.5. The van der Waals surface area contributed by atoms with Crippen LogP contribution in [0.15, 0.2) is 36.5 Å². The number of unbranched alkanes of at least 4 members (excludes halogenated alkanes) is 2. The highest BCUT2D eigenvalue weighted by atomic mass is 16.2. The van der Waals surface area contributed by atoms with Crippen molar-refractivity contribution in [1.82, 2.24) is 25.6 Å². The van der Waals surface area contributed by atoms with Gasteiger partial charge in [0, 0.05) is 41.3 Å². The van der Waals surface area contributed by atoms with E-state index in [1.54, 1.807) is 0 Å². The Morgan fingerprint density at radius 1 is 1.10 bits per heavy atom. The van der Waals surface area contributed by atoms with Crippen LogP contribution in [-0.4, -0.2) is 39.7 Å². The van der Waals surface area contributed by atoms with Crippen LogP contribution in [0.2, 0.25) is 0 Å². The SMILES string of the molecule is CCC(=O)CCCCC[C@H](NC(=O)[C@H]1CC12CCNCC2)c1ncc(-c2ccc3nc(C4CC4)ccc3c2)[nH]1. The number of pyridine rings is 1. The summed E-state index contributed by atoms with van der Waals surface area (Å²) in [5.74, 6) is 2.07. The summed E-state index contributed by atoms with van der Waals surface area (Å²) < 4.78 is 0. The summed E-state index contributed by atoms with van der Waals surface area (Å²) in [6.45, 7) is 3.94. The Bertz CT molecular complexity index is 1340. The number of aromatic amines is 1. The van der Waals surface area contributed by atoms with Crippen molar-refractivity contribution < 1.29 is 9.59 Å². The molecule has 2 aliphatic carbocycles. The molecule has 3 aromatic rings. The monoisotopic (exact) mass is 527 g/mol. The Labute approximate surface area is 231 Å². The second-order valence-corrected chi connectivity index (χ2v) is 12.0. The summed E-state index contributed by atoms with van der Waals surface area (Å²) in [5, 5.41) is 7.91. The lowest BCUT2D eigenvalue weighted by Crippen LogP contribution is -2.35. The second-order valence-electron chi connectivity index (χ2n) is 12.0. The van der Waals surface area contributed by atoms with E-state index in [1.165, 1.54) is 18.5 Å². The van der Waals surface area contributed by atoms with Crippen LogP contribution < -0.4 is 10.6 Å². The number of carbonyl (C=O) groups is 2. The molecule has 39 heavy (non-hydrogen) atoms. The normalized spacial score (nSPS) is 20.7. The highest BCUT2D eigenvalue weighted by Gasteiger charge is 2.57. The molecular formula is C32H41N5O2. The number of H-pyrrole nitrogens is 1. The number of nitrogens with one attached hydrogen (secondary N) is 3. The minimum absolute atomic E-state index is 0.118. The molecule has 2 saturated carbocycles. The van der Waals surface area contributed by atoms with Crippen LogP contribution >= 0.6 is 0 Å². The van der Waals surface area contributed by atoms with Gasteiger partial charge in [-0.25, -0.2) is 4.98 Å². The number of benzene rings is 1. The van der Waals surface area contributed by atoms with Gasteiger partial charge < -0.3 is 15.6 Å². The summed E-state index contributed by atoms with van der Waals surface area (Å²) in [5.41, 5.74) is 4.46. The van der Waals surface area contributed by atoms with Gasteiger partial charge in [0.15, 0.2) is 0 Å². The van der Waals surface area contributed by atoms with Crippen molar-refractivity contribution in [3.05, 3.63) is 48.0 Å². The Hall–Kier alpha value is -3.06. The topological polar surface area (TPSA) is 99.8 Å². The maximum atomic E-state index is 13.4. The molecule has 7 heteroatoms. The summed E-state index contributed by atoms with van der Waals surface area (Å²) in [4.78, 5) is 38.2. The van der Waals surface area contributed by atoms with E-state index in [1.807, 2.05) is 13.1 Å². The van der Waals surface area contributed by atoms with E-state index in [4.69, 9.17) is 9.97 Å². The molecule has 206 valence electrons. The molecule has 3 N–H and O–H groups in total. The molecule has 0 unspecified atom stereocenters. The Kier molecular flexibility index (Phi) is 7.52. The van der Waals surface area contributed by atoms with E-state index in [-0.39, 0.29) is 23.3 Å². The number of hydrogen-bond donors (Lipinski definition) is 3. The lowest BCUT2D eigenvalue weighted by Gasteiger charge is -2.24. The molecule has 6 rings (SSSR count). The van der Waals surface area contributed by atoms with E-state index in [0.29, 0.717) is 24.5 Å². The predicted octanol–water partition coefficient (Wildman–Crippen LogP) is 5.98. The van der Waals surface area contributed by atoms with Crippen LogP contribution in [0.4, 0.5) is 0 Å². The van der Waals surface area contributed by atoms with Crippen LogP contribution in [0.5, 0.6) is 0 Å². The van der Waals surface area contributed by atoms with Crippen LogP contribution in [0.1, 0.15) is 101 Å². The average Bonchev–Trinajstić information content (AvgIpc) is 3.88. The van der Waals surface area contributed by atoms with Gasteiger partial charge in [0.25, 0.3) is 0 Å². The fourth-order valence-corrected chi connectivity index (χ4v) is 6.35. The molecule has 0 bridgehead atoms. The van der Waals surface area contributed by atoms with Gasteiger partial charge in [-0.15, -0.1) is 0 Å². The fraction of sp³-hybridized carbons (Fsp3) is 0.562. The predicted molar refractivity (Wildman–Crippen MR) is 153 cm³/mol. The lowest BCUT2D eigenvalue weighted by atomic mass is 9.91. The van der Waals surface area contributed by atoms with Gasteiger partial charge in [0.1, 0.15) is 11.6 Å². The first-order valence-corrected chi connectivity index (χ1v) is 15.0. The van der Waals surface area contributed by atoms with Crippen LogP contribution in [-0.2, 0) is 9.59 Å². The van der Waals surface area contributed by atoms with Gasteiger partial charge in [0.05, 0.1) is 23.4 Å². The standard InChI is InChI=1S/C32H41N5O2/c1-2-24(38)6-4-3-5-7-28(37-31(39)25-19-32(25)14-16-33-17-15-32)30-34-20-29(36-30)23-11-13-27-22(18-23)10-12-26(35-27)21-8-9-21/h10-13,18,20-21,25,28,33H,2-9,14-17,19H2,1H3,(H,34,36)(H,37,39)/t25-,28+/m1/s1. The molecule has 3 fully saturated rings. The van der Waals surface area contributed by atoms with Gasteiger partial charge in [-0.2, -0.15) is 0 Å². The molecule has 2 atom stereocenters. The molecule has 0 radical (unpaired) electrons. The van der Waals surface area contributed by atoms with Crippen molar-refractivity contribution in [2.24, 2.45) is 11.3 Å². The van der Waals surface area contributed by atoms with Crippen LogP contribution in [0.3, 0.4) is 0 Å². The van der Waals surface area contributed by atoms with Crippen molar-refractivity contribution in [3.63, 3.8) is 0 Å². The maximum Gasteiger partial charge on any atom is 0.224 e. The zero-order chi connectivity index (χ0) is 26.8. The second kappa shape index (κ2) is 11.2. The number of carbonyl (C=O) groups excluding carboxylic acids is 2. The zero-order valence-corrected chi connectivity index (χ0v) is 23.1. The zero-order valence-electron chi connectivity index (χ0n) is 23.1. The number of Topliss-reactive ketones (excluding diaryl/α,β-unsaturated/α-hetero) is 1. The number of amides is 1. The quantitative estimate of drug-likeness (QED) is 0.252. The Morgan fingerprint density at radius 3 is 2.74 bits per heavy atom. The Balaban J connectivity index is 1.15. The highest BCUT2D eigenvalue weighted by Crippen LogP contribution is 2.58. The number of piperidine rings is 1. The van der Waals surface area contributed by atoms with Gasteiger partial charge in [0.2, 0.25) is 5.91 Å². The molecular weight excluding hydrogens is 486 g/mol. The van der Waals surface area contributed by atoms with Gasteiger partial charge in [-0.05, 0) is 81.6 Å². The minimum atomic E-state index is -0.157. The smallest absolute Gasteiger partial charge is 0.224 e. The van der Waals surface area contributed by atoms with Gasteiger partial charge in [-0.1, -0.05) is 31.9 Å². The van der Waals surface area contributed by atoms with Crippen molar-refractivity contribution in [3.8, 4) is 11.3 Å². The number of imidazole rings is 1. The van der Waals surface area contributed by atoms with Gasteiger partial charge in [-0.3, -0.25) is 14.6 Å². The molecule has 3 heterocycles. The van der Waals surface area contributed by atoms with Gasteiger partial charge >= 0.3 is 0 Å². The van der Waals surface area contributed by atoms with Crippen molar-refractivity contribution in [2.75, 3.05) is 13.1 Å². The van der Waals surface area contributed by atoms with Crippen molar-refractivity contribution >= 4 is 22.6 Å². The van der Waals surface area contributed by atoms with Crippen molar-refractivity contribution in [2.45, 2.75) is 89.5 Å². The van der Waals surface area contributed by atoms with Crippen LogP contribution in [0.25, 0.3) is 22.2 Å². The lowest BCUT2D eigenvalue weighted by molar-refractivity contribution is -0.124. The maximum absolute atomic E-state index is 13.4. The highest BCUT2D eigenvalue weighted by molar-refractivity contribution is 5.84. The molecule has 1 spiro atoms. The molecule has 2 aromatic heterocycles. The first kappa shape index (κ1) is 26.2. The van der Waals surface area contributed by atoms with E-state index < -0.39 is 0 Å². The first-order chi connectivity index (χ1) is 19.0. The number of nitrogens with zero attached hydrogens (tertiary/aromatic N) is 2. The average molecular weight is 528 g/mol. The Morgan fingerprint density at radius 2 is 1.95 bits per heavy atom. The first-order valence-electron chi connectivity index (χ1n) is 15.0. The van der Waals surface area contributed by atoms with Crippen molar-refractivity contribution in [1.29, 1.82) is 0 Å². The van der Waals surface area contributed by atoms with Crippen LogP contribution in [0, 0.1) is 11.3 Å². The molecule has 1 saturated heterocycles.